The number of rotatable bonds is 6. The SMILES string of the molecule is Fc1ccccc1-n1cccc1[C@@H]1[C@H](c2ccccn2)NC(=S)N1CCN1CCOCC1. The predicted octanol–water partition coefficient (Wildman–Crippen LogP) is 3.32. The Morgan fingerprint density at radius 2 is 1.84 bits per heavy atom. The molecule has 2 aliphatic rings. The summed E-state index contributed by atoms with van der Waals surface area (Å²) in [6.07, 6.45) is 3.70. The number of pyridine rings is 1. The molecule has 1 N–H and O–H groups in total. The van der Waals surface area contributed by atoms with E-state index in [1.54, 1.807) is 18.3 Å². The fraction of sp³-hybridized carbons (Fsp3) is 0.333. The third-order valence-electron chi connectivity index (χ3n) is 6.15. The van der Waals surface area contributed by atoms with Gasteiger partial charge in [0.05, 0.1) is 36.7 Å². The van der Waals surface area contributed by atoms with Crippen LogP contribution in [0.25, 0.3) is 5.69 Å². The van der Waals surface area contributed by atoms with Gasteiger partial charge in [-0.25, -0.2) is 4.39 Å². The molecule has 0 spiro atoms. The van der Waals surface area contributed by atoms with E-state index in [0.29, 0.717) is 10.8 Å². The number of para-hydroxylation sites is 1. The van der Waals surface area contributed by atoms with Gasteiger partial charge in [-0.3, -0.25) is 9.88 Å². The molecule has 3 aromatic rings. The quantitative estimate of drug-likeness (QED) is 0.581. The summed E-state index contributed by atoms with van der Waals surface area (Å²) in [5, 5.41) is 4.18. The van der Waals surface area contributed by atoms with E-state index >= 15 is 0 Å². The molecule has 0 aliphatic carbocycles. The Hall–Kier alpha value is -2.81. The van der Waals surface area contributed by atoms with Crippen LogP contribution in [-0.2, 0) is 4.74 Å². The fourth-order valence-electron chi connectivity index (χ4n) is 4.54. The molecule has 2 aromatic heterocycles. The normalized spacial score (nSPS) is 21.7. The zero-order chi connectivity index (χ0) is 21.9. The van der Waals surface area contributed by atoms with Gasteiger partial charge in [0, 0.05) is 44.3 Å². The minimum atomic E-state index is -0.257. The standard InChI is InChI=1S/C24H26FN5OS/c25-18-6-1-2-8-20(18)29-11-5-9-21(29)23-22(19-7-3-4-10-26-19)27-24(32)30(23)13-12-28-14-16-31-17-15-28/h1-11,22-23H,12-17H2,(H,27,32)/t22-,23+/m0/s1. The molecule has 5 rings (SSSR count). The van der Waals surface area contributed by atoms with Crippen molar-refractivity contribution in [1.29, 1.82) is 0 Å². The molecule has 6 nitrogen and oxygen atoms in total. The monoisotopic (exact) mass is 451 g/mol. The number of hydrogen-bond acceptors (Lipinski definition) is 4. The van der Waals surface area contributed by atoms with Crippen LogP contribution in [0.2, 0.25) is 0 Å². The van der Waals surface area contributed by atoms with E-state index in [9.17, 15) is 4.39 Å². The van der Waals surface area contributed by atoms with Crippen molar-refractivity contribution >= 4 is 17.3 Å². The molecular formula is C24H26FN5OS. The number of hydrogen-bond donors (Lipinski definition) is 1. The highest BCUT2D eigenvalue weighted by Gasteiger charge is 2.41. The van der Waals surface area contributed by atoms with Crippen LogP contribution >= 0.6 is 12.2 Å². The van der Waals surface area contributed by atoms with E-state index < -0.39 is 0 Å². The van der Waals surface area contributed by atoms with Crippen molar-refractivity contribution in [2.24, 2.45) is 0 Å². The smallest absolute Gasteiger partial charge is 0.170 e. The van der Waals surface area contributed by atoms with Crippen molar-refractivity contribution in [2.75, 3.05) is 39.4 Å². The maximum atomic E-state index is 14.7. The van der Waals surface area contributed by atoms with Gasteiger partial charge in [-0.1, -0.05) is 18.2 Å². The number of morpholine rings is 1. The number of aromatic nitrogens is 2. The van der Waals surface area contributed by atoms with E-state index in [0.717, 1.165) is 50.8 Å². The Labute approximate surface area is 192 Å². The van der Waals surface area contributed by atoms with Crippen molar-refractivity contribution in [2.45, 2.75) is 12.1 Å². The Balaban J connectivity index is 1.51. The first-order chi connectivity index (χ1) is 15.7. The summed E-state index contributed by atoms with van der Waals surface area (Å²) in [6, 6.07) is 16.5. The molecular weight excluding hydrogens is 425 g/mol. The highest BCUT2D eigenvalue weighted by atomic mass is 32.1. The molecule has 2 aliphatic heterocycles. The summed E-state index contributed by atoms with van der Waals surface area (Å²) in [5.74, 6) is -0.257. The van der Waals surface area contributed by atoms with Gasteiger partial charge in [0.25, 0.3) is 0 Å². The topological polar surface area (TPSA) is 45.6 Å². The van der Waals surface area contributed by atoms with Gasteiger partial charge in [0.2, 0.25) is 0 Å². The molecule has 2 fully saturated rings. The number of nitrogens with one attached hydrogen (secondary N) is 1. The molecule has 8 heteroatoms. The highest BCUT2D eigenvalue weighted by molar-refractivity contribution is 7.80. The Kier molecular flexibility index (Phi) is 6.16. The van der Waals surface area contributed by atoms with Gasteiger partial charge in [0.1, 0.15) is 5.82 Å². The van der Waals surface area contributed by atoms with Crippen LogP contribution in [0.5, 0.6) is 0 Å². The third kappa shape index (κ3) is 4.13. The lowest BCUT2D eigenvalue weighted by atomic mass is 10.0. The van der Waals surface area contributed by atoms with Crippen LogP contribution in [-0.4, -0.2) is 63.9 Å². The van der Waals surface area contributed by atoms with Gasteiger partial charge in [-0.2, -0.15) is 0 Å². The molecule has 0 unspecified atom stereocenters. The highest BCUT2D eigenvalue weighted by Crippen LogP contribution is 2.39. The lowest BCUT2D eigenvalue weighted by molar-refractivity contribution is 0.0349. The lowest BCUT2D eigenvalue weighted by Gasteiger charge is -2.32. The number of ether oxygens (including phenoxy) is 1. The Morgan fingerprint density at radius 1 is 1.03 bits per heavy atom. The number of nitrogens with zero attached hydrogens (tertiary/aromatic N) is 4. The van der Waals surface area contributed by atoms with Gasteiger partial charge in [0.15, 0.2) is 5.11 Å². The van der Waals surface area contributed by atoms with Gasteiger partial charge in [-0.05, 0) is 48.6 Å². The Morgan fingerprint density at radius 3 is 2.62 bits per heavy atom. The molecule has 0 bridgehead atoms. The minimum Gasteiger partial charge on any atom is -0.379 e. The maximum absolute atomic E-state index is 14.7. The summed E-state index contributed by atoms with van der Waals surface area (Å²) < 4.78 is 22.1. The van der Waals surface area contributed by atoms with Crippen LogP contribution in [0, 0.1) is 5.82 Å². The Bertz CT molecular complexity index is 1070. The molecule has 4 heterocycles. The van der Waals surface area contributed by atoms with E-state index in [2.05, 4.69) is 20.1 Å². The minimum absolute atomic E-state index is 0.118. The number of thiocarbonyl (C=S) groups is 1. The largest absolute Gasteiger partial charge is 0.379 e. The van der Waals surface area contributed by atoms with Crippen molar-refractivity contribution in [3.63, 3.8) is 0 Å². The first-order valence-electron chi connectivity index (χ1n) is 10.9. The second-order valence-electron chi connectivity index (χ2n) is 8.03. The van der Waals surface area contributed by atoms with E-state index in [-0.39, 0.29) is 17.9 Å². The maximum Gasteiger partial charge on any atom is 0.170 e. The first kappa shape index (κ1) is 21.1. The fourth-order valence-corrected chi connectivity index (χ4v) is 4.88. The number of benzene rings is 1. The van der Waals surface area contributed by atoms with Crippen LogP contribution in [0.15, 0.2) is 67.0 Å². The summed E-state index contributed by atoms with van der Waals surface area (Å²) in [6.45, 7) is 5.03. The summed E-state index contributed by atoms with van der Waals surface area (Å²) in [4.78, 5) is 9.22. The molecule has 2 atom stereocenters. The van der Waals surface area contributed by atoms with Gasteiger partial charge < -0.3 is 19.5 Å². The van der Waals surface area contributed by atoms with Crippen molar-refractivity contribution < 1.29 is 9.13 Å². The summed E-state index contributed by atoms with van der Waals surface area (Å²) >= 11 is 5.78. The van der Waals surface area contributed by atoms with Crippen molar-refractivity contribution in [3.05, 3.63) is 84.2 Å². The molecule has 2 saturated heterocycles. The molecule has 0 radical (unpaired) electrons. The lowest BCUT2D eigenvalue weighted by Crippen LogP contribution is -2.42. The van der Waals surface area contributed by atoms with Crippen LogP contribution < -0.4 is 5.32 Å². The van der Waals surface area contributed by atoms with E-state index in [1.807, 2.05) is 47.2 Å². The van der Waals surface area contributed by atoms with Crippen LogP contribution in [0.3, 0.4) is 0 Å². The van der Waals surface area contributed by atoms with Crippen molar-refractivity contribution in [1.82, 2.24) is 24.7 Å². The first-order valence-corrected chi connectivity index (χ1v) is 11.3. The van der Waals surface area contributed by atoms with Gasteiger partial charge >= 0.3 is 0 Å². The predicted molar refractivity (Wildman–Crippen MR) is 125 cm³/mol. The third-order valence-corrected chi connectivity index (χ3v) is 6.51. The summed E-state index contributed by atoms with van der Waals surface area (Å²) in [7, 11) is 0. The van der Waals surface area contributed by atoms with Crippen LogP contribution in [0.1, 0.15) is 23.5 Å². The molecule has 1 aromatic carbocycles. The van der Waals surface area contributed by atoms with Gasteiger partial charge in [-0.15, -0.1) is 0 Å². The molecule has 0 amide bonds. The average Bonchev–Trinajstić information content (AvgIpc) is 3.43. The van der Waals surface area contributed by atoms with E-state index in [4.69, 9.17) is 17.0 Å². The number of halogens is 1. The summed E-state index contributed by atoms with van der Waals surface area (Å²) in [5.41, 5.74) is 2.41. The van der Waals surface area contributed by atoms with E-state index in [1.165, 1.54) is 6.07 Å². The second-order valence-corrected chi connectivity index (χ2v) is 8.42. The van der Waals surface area contributed by atoms with Crippen LogP contribution in [0.4, 0.5) is 4.39 Å². The average molecular weight is 452 g/mol. The zero-order valence-corrected chi connectivity index (χ0v) is 18.5. The molecule has 0 saturated carbocycles. The second kappa shape index (κ2) is 9.36. The zero-order valence-electron chi connectivity index (χ0n) is 17.7. The molecule has 32 heavy (non-hydrogen) atoms. The molecule has 166 valence electrons. The van der Waals surface area contributed by atoms with Crippen molar-refractivity contribution in [3.8, 4) is 5.69 Å².